The van der Waals surface area contributed by atoms with E-state index in [0.29, 0.717) is 16.5 Å². The summed E-state index contributed by atoms with van der Waals surface area (Å²) in [7, 11) is 0. The minimum absolute atomic E-state index is 0.128. The number of aromatic nitrogens is 4. The molecule has 5 nitrogen and oxygen atoms in total. The third-order valence-electron chi connectivity index (χ3n) is 2.44. The molecule has 0 atom stereocenters. The molecule has 2 aromatic rings. The van der Waals surface area contributed by atoms with Gasteiger partial charge in [-0.15, -0.1) is 0 Å². The number of nitrogens with zero attached hydrogens (tertiary/aromatic N) is 4. The normalized spacial score (nSPS) is 11.1. The van der Waals surface area contributed by atoms with Gasteiger partial charge in [-0.1, -0.05) is 25.4 Å². The Morgan fingerprint density at radius 2 is 2.24 bits per heavy atom. The summed E-state index contributed by atoms with van der Waals surface area (Å²) in [6.45, 7) is 3.88. The third kappa shape index (κ3) is 2.16. The zero-order chi connectivity index (χ0) is 12.4. The molecule has 0 aliphatic heterocycles. The Balaban J connectivity index is 2.57. The second-order valence-electron chi connectivity index (χ2n) is 3.95. The van der Waals surface area contributed by atoms with Crippen molar-refractivity contribution in [1.82, 2.24) is 19.7 Å². The second kappa shape index (κ2) is 4.81. The van der Waals surface area contributed by atoms with Crippen LogP contribution in [-0.4, -0.2) is 24.9 Å². The Morgan fingerprint density at radius 1 is 1.47 bits per heavy atom. The largest absolute Gasteiger partial charge is 0.391 e. The lowest BCUT2D eigenvalue weighted by molar-refractivity contribution is 0.280. The van der Waals surface area contributed by atoms with Gasteiger partial charge in [0.1, 0.15) is 11.5 Å². The van der Waals surface area contributed by atoms with Gasteiger partial charge in [0.05, 0.1) is 12.3 Å². The van der Waals surface area contributed by atoms with Gasteiger partial charge >= 0.3 is 0 Å². The van der Waals surface area contributed by atoms with Crippen molar-refractivity contribution < 1.29 is 5.11 Å². The zero-order valence-electron chi connectivity index (χ0n) is 9.63. The molecular formula is C11H13ClN4O. The summed E-state index contributed by atoms with van der Waals surface area (Å²) in [5.41, 5.74) is 1.44. The Kier molecular flexibility index (Phi) is 3.40. The fourth-order valence-electron chi connectivity index (χ4n) is 1.62. The molecule has 0 aliphatic rings. The van der Waals surface area contributed by atoms with Crippen LogP contribution in [0.4, 0.5) is 0 Å². The molecule has 6 heteroatoms. The summed E-state index contributed by atoms with van der Waals surface area (Å²) in [4.78, 5) is 7.92. The Hall–Kier alpha value is -1.46. The van der Waals surface area contributed by atoms with Crippen LogP contribution in [0, 0.1) is 0 Å². The van der Waals surface area contributed by atoms with Gasteiger partial charge in [0.2, 0.25) is 0 Å². The van der Waals surface area contributed by atoms with E-state index in [-0.39, 0.29) is 12.5 Å². The van der Waals surface area contributed by atoms with E-state index in [2.05, 4.69) is 15.1 Å². The second-order valence-corrected chi connectivity index (χ2v) is 4.30. The van der Waals surface area contributed by atoms with Crippen LogP contribution in [0.5, 0.6) is 0 Å². The molecule has 17 heavy (non-hydrogen) atoms. The first-order valence-corrected chi connectivity index (χ1v) is 5.67. The van der Waals surface area contributed by atoms with Gasteiger partial charge in [-0.2, -0.15) is 5.10 Å². The standard InChI is InChI=1S/C11H13ClN4O/c1-7(2)10-8(5-17)11(12)16(15-10)9-3-4-13-6-14-9/h3-4,6-7,17H,5H2,1-2H3. The minimum atomic E-state index is -0.128. The molecule has 0 unspecified atom stereocenters. The van der Waals surface area contributed by atoms with Gasteiger partial charge in [0.15, 0.2) is 5.82 Å². The molecule has 0 fully saturated rings. The van der Waals surface area contributed by atoms with Crippen molar-refractivity contribution in [2.75, 3.05) is 0 Å². The van der Waals surface area contributed by atoms with E-state index in [0.717, 1.165) is 5.69 Å². The molecule has 0 saturated carbocycles. The van der Waals surface area contributed by atoms with Crippen molar-refractivity contribution in [1.29, 1.82) is 0 Å². The topological polar surface area (TPSA) is 63.8 Å². The highest BCUT2D eigenvalue weighted by molar-refractivity contribution is 6.30. The number of hydrogen-bond acceptors (Lipinski definition) is 4. The number of aliphatic hydroxyl groups excluding tert-OH is 1. The highest BCUT2D eigenvalue weighted by atomic mass is 35.5. The molecule has 2 rings (SSSR count). The molecule has 0 amide bonds. The molecule has 0 spiro atoms. The maximum absolute atomic E-state index is 9.34. The molecule has 2 aromatic heterocycles. The van der Waals surface area contributed by atoms with Crippen LogP contribution >= 0.6 is 11.6 Å². The lowest BCUT2D eigenvalue weighted by Crippen LogP contribution is -2.00. The number of rotatable bonds is 3. The predicted molar refractivity (Wildman–Crippen MR) is 64.2 cm³/mol. The summed E-state index contributed by atoms with van der Waals surface area (Å²) in [6.07, 6.45) is 3.05. The first kappa shape index (κ1) is 12.0. The van der Waals surface area contributed by atoms with Gasteiger partial charge in [0.25, 0.3) is 0 Å². The van der Waals surface area contributed by atoms with E-state index < -0.39 is 0 Å². The third-order valence-corrected chi connectivity index (χ3v) is 2.83. The van der Waals surface area contributed by atoms with Gasteiger partial charge < -0.3 is 5.11 Å². The average molecular weight is 253 g/mol. The maximum Gasteiger partial charge on any atom is 0.158 e. The average Bonchev–Trinajstić information content (AvgIpc) is 2.67. The number of aliphatic hydroxyl groups is 1. The lowest BCUT2D eigenvalue weighted by atomic mass is 10.1. The summed E-state index contributed by atoms with van der Waals surface area (Å²) in [5, 5.41) is 14.1. The first-order valence-electron chi connectivity index (χ1n) is 5.29. The smallest absolute Gasteiger partial charge is 0.158 e. The van der Waals surface area contributed by atoms with E-state index >= 15 is 0 Å². The van der Waals surface area contributed by atoms with E-state index in [9.17, 15) is 5.11 Å². The van der Waals surface area contributed by atoms with Crippen molar-refractivity contribution >= 4 is 11.6 Å². The molecule has 0 aromatic carbocycles. The van der Waals surface area contributed by atoms with E-state index in [1.54, 1.807) is 12.3 Å². The van der Waals surface area contributed by atoms with Crippen LogP contribution in [0.2, 0.25) is 5.15 Å². The van der Waals surface area contributed by atoms with Crippen molar-refractivity contribution in [3.63, 3.8) is 0 Å². The maximum atomic E-state index is 9.34. The Labute approximate surface area is 104 Å². The fraction of sp³-hybridized carbons (Fsp3) is 0.364. The Bertz CT molecular complexity index is 510. The highest BCUT2D eigenvalue weighted by Gasteiger charge is 2.19. The molecule has 0 radical (unpaired) electrons. The van der Waals surface area contributed by atoms with Crippen molar-refractivity contribution in [3.8, 4) is 5.82 Å². The van der Waals surface area contributed by atoms with Gasteiger partial charge in [-0.05, 0) is 5.92 Å². The van der Waals surface area contributed by atoms with Gasteiger partial charge in [-0.3, -0.25) is 0 Å². The summed E-state index contributed by atoms with van der Waals surface area (Å²) < 4.78 is 1.52. The SMILES string of the molecule is CC(C)c1nn(-c2ccncn2)c(Cl)c1CO. The van der Waals surface area contributed by atoms with Crippen molar-refractivity contribution in [3.05, 3.63) is 35.0 Å². The predicted octanol–water partition coefficient (Wildman–Crippen LogP) is 1.93. The summed E-state index contributed by atoms with van der Waals surface area (Å²) >= 11 is 6.19. The highest BCUT2D eigenvalue weighted by Crippen LogP contribution is 2.27. The van der Waals surface area contributed by atoms with Crippen LogP contribution in [0.15, 0.2) is 18.6 Å². The monoisotopic (exact) mass is 252 g/mol. The van der Waals surface area contributed by atoms with Crippen LogP contribution in [0.25, 0.3) is 5.82 Å². The molecule has 0 aliphatic carbocycles. The molecule has 2 heterocycles. The molecule has 0 saturated heterocycles. The van der Waals surface area contributed by atoms with Crippen molar-refractivity contribution in [2.24, 2.45) is 0 Å². The van der Waals surface area contributed by atoms with Crippen LogP contribution in [0.3, 0.4) is 0 Å². The quantitative estimate of drug-likeness (QED) is 0.907. The molecule has 90 valence electrons. The Morgan fingerprint density at radius 3 is 2.71 bits per heavy atom. The van der Waals surface area contributed by atoms with Crippen LogP contribution in [0.1, 0.15) is 31.0 Å². The van der Waals surface area contributed by atoms with E-state index in [4.69, 9.17) is 11.6 Å². The van der Waals surface area contributed by atoms with E-state index in [1.165, 1.54) is 11.0 Å². The van der Waals surface area contributed by atoms with Crippen LogP contribution in [-0.2, 0) is 6.61 Å². The van der Waals surface area contributed by atoms with Crippen LogP contribution < -0.4 is 0 Å². The van der Waals surface area contributed by atoms with E-state index in [1.807, 2.05) is 13.8 Å². The number of halogens is 1. The number of hydrogen-bond donors (Lipinski definition) is 1. The molecular weight excluding hydrogens is 240 g/mol. The minimum Gasteiger partial charge on any atom is -0.391 e. The zero-order valence-corrected chi connectivity index (χ0v) is 10.4. The lowest BCUT2D eigenvalue weighted by Gasteiger charge is -2.01. The summed E-state index contributed by atoms with van der Waals surface area (Å²) in [5.74, 6) is 0.782. The first-order chi connectivity index (χ1) is 8.15. The molecule has 1 N–H and O–H groups in total. The van der Waals surface area contributed by atoms with Gasteiger partial charge in [0, 0.05) is 17.8 Å². The van der Waals surface area contributed by atoms with Crippen molar-refractivity contribution in [2.45, 2.75) is 26.4 Å². The summed E-state index contributed by atoms with van der Waals surface area (Å²) in [6, 6.07) is 1.71. The molecule has 0 bridgehead atoms. The fourth-order valence-corrected chi connectivity index (χ4v) is 1.90. The van der Waals surface area contributed by atoms with Gasteiger partial charge in [-0.25, -0.2) is 14.6 Å².